The Hall–Kier alpha value is -3.45. The summed E-state index contributed by atoms with van der Waals surface area (Å²) < 4.78 is 25.0. The van der Waals surface area contributed by atoms with Crippen LogP contribution in [0.5, 0.6) is 0 Å². The van der Waals surface area contributed by atoms with E-state index in [0.29, 0.717) is 17.1 Å². The molecular formula is C23H21N3O3S. The standard InChI is InChI=1S/C23H21N3O3S/c1-26(30(2,28)29)18-12-8-11-17(15-18)24-22(16-9-4-3-5-10-16)21-19-13-6-7-14-20(19)25-23(21)27/h3-15,21H,1-2H3,(H,25,27). The molecule has 6 nitrogen and oxygen atoms in total. The number of hydrogen-bond acceptors (Lipinski definition) is 4. The summed E-state index contributed by atoms with van der Waals surface area (Å²) >= 11 is 0. The van der Waals surface area contributed by atoms with Crippen molar-refractivity contribution in [2.45, 2.75) is 5.92 Å². The first kappa shape index (κ1) is 19.8. The Morgan fingerprint density at radius 1 is 0.967 bits per heavy atom. The van der Waals surface area contributed by atoms with Crippen molar-refractivity contribution in [1.29, 1.82) is 0 Å². The molecule has 0 aromatic heterocycles. The minimum Gasteiger partial charge on any atom is -0.325 e. The first-order valence-electron chi connectivity index (χ1n) is 9.42. The number of carbonyl (C=O) groups is 1. The van der Waals surface area contributed by atoms with Gasteiger partial charge >= 0.3 is 0 Å². The summed E-state index contributed by atoms with van der Waals surface area (Å²) in [4.78, 5) is 17.7. The maximum absolute atomic E-state index is 12.9. The van der Waals surface area contributed by atoms with Crippen molar-refractivity contribution < 1.29 is 13.2 Å². The van der Waals surface area contributed by atoms with Crippen LogP contribution in [0.25, 0.3) is 0 Å². The summed E-state index contributed by atoms with van der Waals surface area (Å²) in [6.07, 6.45) is 1.15. The number of hydrogen-bond donors (Lipinski definition) is 1. The third-order valence-electron chi connectivity index (χ3n) is 5.08. The van der Waals surface area contributed by atoms with Crippen LogP contribution in [0.1, 0.15) is 17.0 Å². The molecule has 0 aliphatic carbocycles. The first-order valence-corrected chi connectivity index (χ1v) is 11.3. The lowest BCUT2D eigenvalue weighted by atomic mass is 9.90. The third-order valence-corrected chi connectivity index (χ3v) is 6.28. The summed E-state index contributed by atoms with van der Waals surface area (Å²) in [7, 11) is -1.90. The molecule has 0 radical (unpaired) electrons. The molecule has 1 atom stereocenters. The highest BCUT2D eigenvalue weighted by Gasteiger charge is 2.35. The molecule has 1 aliphatic heterocycles. The van der Waals surface area contributed by atoms with Crippen LogP contribution in [-0.2, 0) is 14.8 Å². The van der Waals surface area contributed by atoms with E-state index in [9.17, 15) is 13.2 Å². The number of fused-ring (bicyclic) bond motifs is 1. The number of sulfonamides is 1. The topological polar surface area (TPSA) is 78.8 Å². The number of rotatable bonds is 5. The van der Waals surface area contributed by atoms with Gasteiger partial charge in [0.1, 0.15) is 5.92 Å². The van der Waals surface area contributed by atoms with Crippen molar-refractivity contribution in [2.24, 2.45) is 4.99 Å². The third kappa shape index (κ3) is 3.84. The second-order valence-electron chi connectivity index (χ2n) is 7.12. The molecule has 0 bridgehead atoms. The average Bonchev–Trinajstić information content (AvgIpc) is 3.07. The van der Waals surface area contributed by atoms with Crippen molar-refractivity contribution >= 4 is 38.7 Å². The van der Waals surface area contributed by atoms with Gasteiger partial charge in [0, 0.05) is 12.7 Å². The van der Waals surface area contributed by atoms with E-state index < -0.39 is 15.9 Å². The highest BCUT2D eigenvalue weighted by molar-refractivity contribution is 7.92. The van der Waals surface area contributed by atoms with Crippen LogP contribution in [0, 0.1) is 0 Å². The Bertz CT molecular complexity index is 1240. The molecule has 0 fully saturated rings. The van der Waals surface area contributed by atoms with Gasteiger partial charge in [-0.15, -0.1) is 0 Å². The molecule has 3 aromatic carbocycles. The van der Waals surface area contributed by atoms with Gasteiger partial charge < -0.3 is 5.32 Å². The van der Waals surface area contributed by atoms with E-state index in [1.54, 1.807) is 24.3 Å². The van der Waals surface area contributed by atoms with E-state index in [1.807, 2.05) is 54.6 Å². The Morgan fingerprint density at radius 3 is 2.40 bits per heavy atom. The monoisotopic (exact) mass is 419 g/mol. The number of carbonyl (C=O) groups excluding carboxylic acids is 1. The van der Waals surface area contributed by atoms with Gasteiger partial charge in [0.05, 0.1) is 23.3 Å². The highest BCUT2D eigenvalue weighted by Crippen LogP contribution is 2.36. The first-order chi connectivity index (χ1) is 14.3. The number of nitrogens with one attached hydrogen (secondary N) is 1. The number of amides is 1. The Kier molecular flexibility index (Phi) is 5.13. The quantitative estimate of drug-likeness (QED) is 0.636. The summed E-state index contributed by atoms with van der Waals surface area (Å²) in [5, 5.41) is 2.93. The van der Waals surface area contributed by atoms with E-state index in [4.69, 9.17) is 4.99 Å². The number of benzene rings is 3. The molecule has 1 heterocycles. The van der Waals surface area contributed by atoms with E-state index in [-0.39, 0.29) is 5.91 Å². The molecule has 152 valence electrons. The van der Waals surface area contributed by atoms with Crippen LogP contribution in [0.3, 0.4) is 0 Å². The lowest BCUT2D eigenvalue weighted by Gasteiger charge is -2.17. The van der Waals surface area contributed by atoms with Crippen LogP contribution in [0.2, 0.25) is 0 Å². The van der Waals surface area contributed by atoms with Crippen molar-refractivity contribution in [3.8, 4) is 0 Å². The number of anilines is 2. The molecule has 3 aromatic rings. The van der Waals surface area contributed by atoms with Crippen molar-refractivity contribution in [3.05, 3.63) is 90.0 Å². The van der Waals surface area contributed by atoms with Gasteiger partial charge in [-0.05, 0) is 35.4 Å². The molecule has 30 heavy (non-hydrogen) atoms. The van der Waals surface area contributed by atoms with Crippen molar-refractivity contribution in [3.63, 3.8) is 0 Å². The molecule has 1 amide bonds. The second kappa shape index (κ2) is 7.76. The van der Waals surface area contributed by atoms with Crippen molar-refractivity contribution in [1.82, 2.24) is 0 Å². The molecular weight excluding hydrogens is 398 g/mol. The van der Waals surface area contributed by atoms with Gasteiger partial charge in [0.25, 0.3) is 0 Å². The number of nitrogens with zero attached hydrogens (tertiary/aromatic N) is 2. The predicted octanol–water partition coefficient (Wildman–Crippen LogP) is 3.94. The fourth-order valence-electron chi connectivity index (χ4n) is 3.47. The molecule has 0 spiro atoms. The van der Waals surface area contributed by atoms with Gasteiger partial charge in [-0.2, -0.15) is 0 Å². The maximum Gasteiger partial charge on any atom is 0.238 e. The predicted molar refractivity (Wildman–Crippen MR) is 120 cm³/mol. The molecule has 0 saturated heterocycles. The number of para-hydroxylation sites is 1. The van der Waals surface area contributed by atoms with E-state index in [2.05, 4.69) is 5.32 Å². The summed E-state index contributed by atoms with van der Waals surface area (Å²) in [6.45, 7) is 0. The van der Waals surface area contributed by atoms with E-state index >= 15 is 0 Å². The van der Waals surface area contributed by atoms with Crippen LogP contribution >= 0.6 is 0 Å². The smallest absolute Gasteiger partial charge is 0.238 e. The lowest BCUT2D eigenvalue weighted by Crippen LogP contribution is -2.24. The largest absolute Gasteiger partial charge is 0.325 e. The van der Waals surface area contributed by atoms with Gasteiger partial charge in [-0.3, -0.25) is 14.1 Å². The fourth-order valence-corrected chi connectivity index (χ4v) is 3.97. The van der Waals surface area contributed by atoms with E-state index in [0.717, 1.165) is 23.1 Å². The molecule has 7 heteroatoms. The van der Waals surface area contributed by atoms with Crippen LogP contribution < -0.4 is 9.62 Å². The molecule has 4 rings (SSSR count). The zero-order chi connectivity index (χ0) is 21.3. The van der Waals surface area contributed by atoms with Gasteiger partial charge in [0.2, 0.25) is 15.9 Å². The molecule has 1 unspecified atom stereocenters. The second-order valence-corrected chi connectivity index (χ2v) is 9.14. The molecule has 1 aliphatic rings. The van der Waals surface area contributed by atoms with Crippen LogP contribution in [0.4, 0.5) is 17.1 Å². The lowest BCUT2D eigenvalue weighted by molar-refractivity contribution is -0.115. The van der Waals surface area contributed by atoms with Crippen LogP contribution in [-0.4, -0.2) is 33.3 Å². The Morgan fingerprint density at radius 2 is 1.67 bits per heavy atom. The Balaban J connectivity index is 1.85. The maximum atomic E-state index is 12.9. The van der Waals surface area contributed by atoms with Crippen LogP contribution in [0.15, 0.2) is 83.9 Å². The van der Waals surface area contributed by atoms with Gasteiger partial charge in [0.15, 0.2) is 0 Å². The van der Waals surface area contributed by atoms with E-state index in [1.165, 1.54) is 11.4 Å². The van der Waals surface area contributed by atoms with Gasteiger partial charge in [-0.1, -0.05) is 54.6 Å². The minimum atomic E-state index is -3.40. The normalized spacial score (nSPS) is 16.1. The average molecular weight is 420 g/mol. The highest BCUT2D eigenvalue weighted by atomic mass is 32.2. The summed E-state index contributed by atoms with van der Waals surface area (Å²) in [6, 6.07) is 24.1. The Labute approximate surface area is 175 Å². The summed E-state index contributed by atoms with van der Waals surface area (Å²) in [5.74, 6) is -0.692. The van der Waals surface area contributed by atoms with Gasteiger partial charge in [-0.25, -0.2) is 8.42 Å². The molecule has 1 N–H and O–H groups in total. The zero-order valence-electron chi connectivity index (χ0n) is 16.6. The summed E-state index contributed by atoms with van der Waals surface area (Å²) in [5.41, 5.74) is 4.16. The zero-order valence-corrected chi connectivity index (χ0v) is 17.4. The van der Waals surface area contributed by atoms with Crippen molar-refractivity contribution in [2.75, 3.05) is 22.9 Å². The number of aliphatic imine (C=N–C) groups is 1. The molecule has 0 saturated carbocycles. The minimum absolute atomic E-state index is 0.136. The fraction of sp³-hybridized carbons (Fsp3) is 0.130. The SMILES string of the molecule is CN(c1cccc(N=C(c2ccccc2)C2C(=O)Nc3ccccc32)c1)S(C)(=O)=O.